The maximum Gasteiger partial charge on any atom is 0.416 e. The Bertz CT molecular complexity index is 612. The Balaban J connectivity index is 1.91. The zero-order chi connectivity index (χ0) is 16.9. The maximum atomic E-state index is 12.7. The van der Waals surface area contributed by atoms with E-state index in [4.69, 9.17) is 5.26 Å². The van der Waals surface area contributed by atoms with Crippen LogP contribution >= 0.6 is 0 Å². The van der Waals surface area contributed by atoms with Crippen molar-refractivity contribution in [2.45, 2.75) is 37.8 Å². The van der Waals surface area contributed by atoms with Crippen molar-refractivity contribution in [3.63, 3.8) is 0 Å². The summed E-state index contributed by atoms with van der Waals surface area (Å²) in [6.45, 7) is 0. The van der Waals surface area contributed by atoms with Gasteiger partial charge in [-0.15, -0.1) is 0 Å². The number of rotatable bonds is 3. The molecule has 1 aromatic carbocycles. The van der Waals surface area contributed by atoms with Crippen LogP contribution in [-0.4, -0.2) is 0 Å². The van der Waals surface area contributed by atoms with Crippen LogP contribution < -0.4 is 0 Å². The lowest BCUT2D eigenvalue weighted by atomic mass is 9.78. The predicted molar refractivity (Wildman–Crippen MR) is 80.1 cm³/mol. The van der Waals surface area contributed by atoms with Gasteiger partial charge >= 0.3 is 6.18 Å². The fourth-order valence-corrected chi connectivity index (χ4v) is 2.92. The van der Waals surface area contributed by atoms with Crippen molar-refractivity contribution in [2.24, 2.45) is 5.92 Å². The third-order valence-corrected chi connectivity index (χ3v) is 4.21. The molecule has 1 aromatic rings. The third-order valence-electron chi connectivity index (χ3n) is 4.21. The van der Waals surface area contributed by atoms with E-state index < -0.39 is 17.6 Å². The van der Waals surface area contributed by atoms with Crippen molar-refractivity contribution in [1.29, 1.82) is 5.26 Å². The molecule has 5 heteroatoms. The summed E-state index contributed by atoms with van der Waals surface area (Å²) in [4.78, 5) is 0. The molecule has 0 amide bonds. The van der Waals surface area contributed by atoms with E-state index in [1.54, 1.807) is 18.2 Å². The highest BCUT2D eigenvalue weighted by Gasteiger charge is 2.30. The lowest BCUT2D eigenvalue weighted by molar-refractivity contribution is -0.137. The number of hydrogen-bond donors (Lipinski definition) is 0. The fourth-order valence-electron chi connectivity index (χ4n) is 2.92. The van der Waals surface area contributed by atoms with E-state index in [0.717, 1.165) is 49.5 Å². The Morgan fingerprint density at radius 2 is 1.70 bits per heavy atom. The first-order chi connectivity index (χ1) is 10.9. The van der Waals surface area contributed by atoms with E-state index in [2.05, 4.69) is 0 Å². The SMILES string of the molecule is N#CC(F)=CC=C[C@H]1CC[C@H](c2ccc(C(F)(F)F)cc2)CC1. The molecule has 2 rings (SSSR count). The fraction of sp³-hybridized carbons (Fsp3) is 0.389. The molecule has 23 heavy (non-hydrogen) atoms. The number of nitrogens with zero attached hydrogens (tertiary/aromatic N) is 1. The number of nitriles is 1. The van der Waals surface area contributed by atoms with Gasteiger partial charge in [0.15, 0.2) is 5.83 Å². The number of allylic oxidation sites excluding steroid dienone is 4. The van der Waals surface area contributed by atoms with E-state index in [0.29, 0.717) is 5.92 Å². The second-order valence-corrected chi connectivity index (χ2v) is 5.74. The van der Waals surface area contributed by atoms with E-state index in [1.165, 1.54) is 6.07 Å². The van der Waals surface area contributed by atoms with Gasteiger partial charge in [-0.25, -0.2) is 0 Å². The van der Waals surface area contributed by atoms with E-state index >= 15 is 0 Å². The van der Waals surface area contributed by atoms with Crippen LogP contribution in [0.5, 0.6) is 0 Å². The van der Waals surface area contributed by atoms with Crippen LogP contribution in [0.25, 0.3) is 0 Å². The molecule has 0 saturated heterocycles. The molecule has 0 spiro atoms. The number of hydrogen-bond acceptors (Lipinski definition) is 1. The molecule has 1 aliphatic rings. The molecule has 122 valence electrons. The largest absolute Gasteiger partial charge is 0.416 e. The molecule has 1 aliphatic carbocycles. The zero-order valence-corrected chi connectivity index (χ0v) is 12.5. The minimum atomic E-state index is -4.30. The zero-order valence-electron chi connectivity index (χ0n) is 12.5. The molecule has 0 aliphatic heterocycles. The summed E-state index contributed by atoms with van der Waals surface area (Å²) < 4.78 is 50.3. The van der Waals surface area contributed by atoms with E-state index in [9.17, 15) is 17.6 Å². The van der Waals surface area contributed by atoms with Crippen molar-refractivity contribution in [3.05, 3.63) is 59.4 Å². The summed E-state index contributed by atoms with van der Waals surface area (Å²) >= 11 is 0. The minimum Gasteiger partial charge on any atom is -0.195 e. The average Bonchev–Trinajstić information content (AvgIpc) is 2.54. The lowest BCUT2D eigenvalue weighted by Gasteiger charge is -2.27. The van der Waals surface area contributed by atoms with Crippen LogP contribution in [0.4, 0.5) is 17.6 Å². The van der Waals surface area contributed by atoms with Gasteiger partial charge in [-0.3, -0.25) is 0 Å². The van der Waals surface area contributed by atoms with Crippen LogP contribution in [0.2, 0.25) is 0 Å². The molecule has 1 nitrogen and oxygen atoms in total. The van der Waals surface area contributed by atoms with Gasteiger partial charge in [0, 0.05) is 0 Å². The molecule has 0 aromatic heterocycles. The van der Waals surface area contributed by atoms with Crippen LogP contribution in [-0.2, 0) is 6.18 Å². The van der Waals surface area contributed by atoms with Gasteiger partial charge in [-0.1, -0.05) is 24.3 Å². The second kappa shape index (κ2) is 7.45. The normalized spacial score (nSPS) is 23.0. The first-order valence-electron chi connectivity index (χ1n) is 7.51. The van der Waals surface area contributed by atoms with Gasteiger partial charge in [-0.05, 0) is 61.3 Å². The Kier molecular flexibility index (Phi) is 5.59. The predicted octanol–water partition coefficient (Wildman–Crippen LogP) is 5.91. The smallest absolute Gasteiger partial charge is 0.195 e. The summed E-state index contributed by atoms with van der Waals surface area (Å²) in [5, 5.41) is 8.30. The highest BCUT2D eigenvalue weighted by molar-refractivity contribution is 5.27. The van der Waals surface area contributed by atoms with Crippen LogP contribution in [0.3, 0.4) is 0 Å². The molecular weight excluding hydrogens is 306 g/mol. The van der Waals surface area contributed by atoms with E-state index in [1.807, 2.05) is 6.08 Å². The summed E-state index contributed by atoms with van der Waals surface area (Å²) in [7, 11) is 0. The highest BCUT2D eigenvalue weighted by atomic mass is 19.4. The first kappa shape index (κ1) is 17.3. The molecule has 0 radical (unpaired) electrons. The molecule has 0 unspecified atom stereocenters. The Labute approximate surface area is 132 Å². The topological polar surface area (TPSA) is 23.8 Å². The molecule has 0 bridgehead atoms. The molecule has 0 atom stereocenters. The second-order valence-electron chi connectivity index (χ2n) is 5.74. The van der Waals surface area contributed by atoms with Gasteiger partial charge in [0.25, 0.3) is 0 Å². The Hall–Kier alpha value is -2.09. The van der Waals surface area contributed by atoms with Gasteiger partial charge in [0.05, 0.1) is 5.56 Å². The number of alkyl halides is 3. The monoisotopic (exact) mass is 323 g/mol. The van der Waals surface area contributed by atoms with Crippen molar-refractivity contribution in [3.8, 4) is 6.07 Å². The van der Waals surface area contributed by atoms with Crippen LogP contribution in [0.1, 0.15) is 42.7 Å². The molecule has 0 N–H and O–H groups in total. The molecule has 1 saturated carbocycles. The minimum absolute atomic E-state index is 0.272. The number of halogens is 4. The molecular formula is C18H17F4N. The Morgan fingerprint density at radius 3 is 2.22 bits per heavy atom. The Morgan fingerprint density at radius 1 is 1.09 bits per heavy atom. The van der Waals surface area contributed by atoms with Crippen molar-refractivity contribution in [1.82, 2.24) is 0 Å². The van der Waals surface area contributed by atoms with Gasteiger partial charge in [0.2, 0.25) is 0 Å². The summed E-state index contributed by atoms with van der Waals surface area (Å²) in [6, 6.07) is 6.81. The van der Waals surface area contributed by atoms with Gasteiger partial charge in [0.1, 0.15) is 6.07 Å². The van der Waals surface area contributed by atoms with Crippen molar-refractivity contribution >= 4 is 0 Å². The summed E-state index contributed by atoms with van der Waals surface area (Å²) in [6.07, 6.45) is 3.89. The van der Waals surface area contributed by atoms with Gasteiger partial charge < -0.3 is 0 Å². The van der Waals surface area contributed by atoms with Crippen LogP contribution in [0, 0.1) is 17.2 Å². The van der Waals surface area contributed by atoms with E-state index in [-0.39, 0.29) is 5.92 Å². The standard InChI is InChI=1S/C18H17F4N/c19-17(12-23)3-1-2-13-4-6-14(7-5-13)15-8-10-16(11-9-15)18(20,21)22/h1-3,8-11,13-14H,4-7H2/t13-,14-. The quantitative estimate of drug-likeness (QED) is 0.385. The summed E-state index contributed by atoms with van der Waals surface area (Å²) in [5.41, 5.74) is 0.319. The van der Waals surface area contributed by atoms with Crippen molar-refractivity contribution < 1.29 is 17.6 Å². The number of benzene rings is 1. The third kappa shape index (κ3) is 4.95. The molecule has 1 fully saturated rings. The lowest BCUT2D eigenvalue weighted by Crippen LogP contribution is -2.12. The molecule has 0 heterocycles. The first-order valence-corrected chi connectivity index (χ1v) is 7.51. The highest BCUT2D eigenvalue weighted by Crippen LogP contribution is 2.37. The summed E-state index contributed by atoms with van der Waals surface area (Å²) in [5.74, 6) is -0.226. The maximum absolute atomic E-state index is 12.7. The van der Waals surface area contributed by atoms with Gasteiger partial charge in [-0.2, -0.15) is 22.8 Å². The van der Waals surface area contributed by atoms with Crippen LogP contribution in [0.15, 0.2) is 48.3 Å². The van der Waals surface area contributed by atoms with Crippen molar-refractivity contribution in [2.75, 3.05) is 0 Å². The average molecular weight is 323 g/mol.